The Morgan fingerprint density at radius 1 is 1.58 bits per heavy atom. The Bertz CT molecular complexity index is 529. The van der Waals surface area contributed by atoms with Gasteiger partial charge >= 0.3 is 6.09 Å². The normalized spacial score (nSPS) is 25.4. The predicted octanol–water partition coefficient (Wildman–Crippen LogP) is 1.07. The Kier molecular flexibility index (Phi) is 2.89. The molecule has 102 valence electrons. The highest BCUT2D eigenvalue weighted by Crippen LogP contribution is 2.35. The lowest BCUT2D eigenvalue weighted by Gasteiger charge is -2.47. The van der Waals surface area contributed by atoms with E-state index in [9.17, 15) is 9.18 Å². The average molecular weight is 284 g/mol. The number of rotatable bonds is 0. The molecule has 1 aromatic rings. The minimum Gasteiger partial charge on any atom is -0.465 e. The minimum atomic E-state index is -0.932. The number of thiol groups is 1. The summed E-state index contributed by atoms with van der Waals surface area (Å²) in [6.07, 6.45) is 0.234. The molecule has 0 bridgehead atoms. The predicted molar refractivity (Wildman–Crippen MR) is 71.3 cm³/mol. The van der Waals surface area contributed by atoms with Crippen LogP contribution in [-0.2, 0) is 0 Å². The van der Waals surface area contributed by atoms with Gasteiger partial charge in [0.05, 0.1) is 23.3 Å². The molecule has 6 nitrogen and oxygen atoms in total. The van der Waals surface area contributed by atoms with Gasteiger partial charge in [-0.2, -0.15) is 12.6 Å². The zero-order valence-electron chi connectivity index (χ0n) is 9.95. The van der Waals surface area contributed by atoms with Crippen LogP contribution in [-0.4, -0.2) is 52.1 Å². The molecule has 1 aromatic heterocycles. The second-order valence-electron chi connectivity index (χ2n) is 4.60. The van der Waals surface area contributed by atoms with Gasteiger partial charge in [0.15, 0.2) is 5.82 Å². The number of carboxylic acid groups (broad SMARTS) is 1. The van der Waals surface area contributed by atoms with Crippen molar-refractivity contribution in [2.75, 3.05) is 29.9 Å². The highest BCUT2D eigenvalue weighted by atomic mass is 32.1. The Balaban J connectivity index is 1.92. The van der Waals surface area contributed by atoms with E-state index in [4.69, 9.17) is 5.11 Å². The van der Waals surface area contributed by atoms with Crippen LogP contribution in [0.4, 0.5) is 20.7 Å². The monoisotopic (exact) mass is 284 g/mol. The van der Waals surface area contributed by atoms with Gasteiger partial charge in [-0.25, -0.2) is 14.2 Å². The Labute approximate surface area is 114 Å². The first kappa shape index (κ1) is 12.3. The van der Waals surface area contributed by atoms with Crippen LogP contribution in [0.5, 0.6) is 0 Å². The number of nitrogens with zero attached hydrogens (tertiary/aromatic N) is 3. The highest BCUT2D eigenvalue weighted by molar-refractivity contribution is 7.81. The van der Waals surface area contributed by atoms with E-state index in [1.165, 1.54) is 17.2 Å². The molecule has 2 aliphatic rings. The first-order valence-electron chi connectivity index (χ1n) is 5.91. The van der Waals surface area contributed by atoms with Crippen molar-refractivity contribution in [2.24, 2.45) is 0 Å². The molecule has 3 rings (SSSR count). The Hall–Kier alpha value is -1.70. The Morgan fingerprint density at radius 2 is 2.37 bits per heavy atom. The number of piperazine rings is 1. The number of carbonyl (C=O) groups is 1. The fraction of sp³-hybridized carbons (Fsp3) is 0.455. The van der Waals surface area contributed by atoms with Gasteiger partial charge in [0, 0.05) is 25.7 Å². The lowest BCUT2D eigenvalue weighted by Crippen LogP contribution is -2.61. The van der Waals surface area contributed by atoms with Crippen molar-refractivity contribution >= 4 is 30.2 Å². The standard InChI is InChI=1S/C11H13FN4O2S/c12-6-3-7-9(13-4-6)16-2-1-15(11(17)18)5-8(16)10(19)14-7/h3-4,8,10,14,19H,1-2,5H2,(H,17,18). The van der Waals surface area contributed by atoms with Crippen LogP contribution in [0.15, 0.2) is 12.3 Å². The lowest BCUT2D eigenvalue weighted by molar-refractivity contribution is 0.134. The summed E-state index contributed by atoms with van der Waals surface area (Å²) in [5, 5.41) is 11.8. The number of hydrogen-bond acceptors (Lipinski definition) is 5. The largest absolute Gasteiger partial charge is 0.465 e. The summed E-state index contributed by atoms with van der Waals surface area (Å²) in [4.78, 5) is 18.5. The van der Waals surface area contributed by atoms with E-state index in [-0.39, 0.29) is 11.4 Å². The number of nitrogens with one attached hydrogen (secondary N) is 1. The summed E-state index contributed by atoms with van der Waals surface area (Å²) in [6, 6.07) is 1.27. The van der Waals surface area contributed by atoms with Crippen molar-refractivity contribution in [2.45, 2.75) is 11.4 Å². The number of anilines is 2. The first-order valence-corrected chi connectivity index (χ1v) is 6.42. The van der Waals surface area contributed by atoms with Crippen molar-refractivity contribution in [1.82, 2.24) is 9.88 Å². The number of aromatic nitrogens is 1. The number of hydrogen-bond donors (Lipinski definition) is 3. The van der Waals surface area contributed by atoms with E-state index in [1.807, 2.05) is 4.90 Å². The van der Waals surface area contributed by atoms with Crippen LogP contribution in [0.3, 0.4) is 0 Å². The summed E-state index contributed by atoms with van der Waals surface area (Å²) in [5.41, 5.74) is 0.597. The maximum absolute atomic E-state index is 13.2. The molecule has 8 heteroatoms. The van der Waals surface area contributed by atoms with E-state index >= 15 is 0 Å². The topological polar surface area (TPSA) is 68.7 Å². The molecule has 2 atom stereocenters. The number of pyridine rings is 1. The van der Waals surface area contributed by atoms with Crippen LogP contribution < -0.4 is 10.2 Å². The molecular weight excluding hydrogens is 271 g/mol. The molecule has 1 fully saturated rings. The fourth-order valence-electron chi connectivity index (χ4n) is 2.54. The van der Waals surface area contributed by atoms with Crippen molar-refractivity contribution in [3.8, 4) is 0 Å². The van der Waals surface area contributed by atoms with Crippen LogP contribution in [0, 0.1) is 5.82 Å². The molecule has 1 saturated heterocycles. The number of halogens is 1. The zero-order valence-corrected chi connectivity index (χ0v) is 10.8. The molecular formula is C11H13FN4O2S. The van der Waals surface area contributed by atoms with Gasteiger partial charge in [-0.3, -0.25) is 0 Å². The summed E-state index contributed by atoms with van der Waals surface area (Å²) in [7, 11) is 0. The maximum atomic E-state index is 13.2. The summed E-state index contributed by atoms with van der Waals surface area (Å²) in [6.45, 7) is 1.29. The van der Waals surface area contributed by atoms with Crippen LogP contribution >= 0.6 is 12.6 Å². The minimum absolute atomic E-state index is 0.112. The van der Waals surface area contributed by atoms with Gasteiger partial charge in [0.2, 0.25) is 0 Å². The first-order chi connectivity index (χ1) is 9.06. The highest BCUT2D eigenvalue weighted by Gasteiger charge is 2.38. The molecule has 3 heterocycles. The van der Waals surface area contributed by atoms with E-state index in [0.717, 1.165) is 0 Å². The molecule has 2 N–H and O–H groups in total. The fourth-order valence-corrected chi connectivity index (χ4v) is 2.93. The molecule has 0 aromatic carbocycles. The molecule has 0 saturated carbocycles. The SMILES string of the molecule is O=C(O)N1CCN2c3ncc(F)cc3NC(S)C2C1. The zero-order chi connectivity index (χ0) is 13.6. The molecule has 0 radical (unpaired) electrons. The second kappa shape index (κ2) is 4.44. The second-order valence-corrected chi connectivity index (χ2v) is 5.16. The molecule has 0 aliphatic carbocycles. The van der Waals surface area contributed by atoms with E-state index in [0.29, 0.717) is 31.1 Å². The van der Waals surface area contributed by atoms with Gasteiger partial charge in [-0.05, 0) is 0 Å². The number of amides is 1. The summed E-state index contributed by atoms with van der Waals surface area (Å²) < 4.78 is 13.2. The molecule has 1 amide bonds. The number of fused-ring (bicyclic) bond motifs is 3. The quantitative estimate of drug-likeness (QED) is 0.622. The van der Waals surface area contributed by atoms with Crippen LogP contribution in [0.1, 0.15) is 0 Å². The Morgan fingerprint density at radius 3 is 3.11 bits per heavy atom. The molecule has 19 heavy (non-hydrogen) atoms. The molecule has 2 unspecified atom stereocenters. The average Bonchev–Trinajstić information content (AvgIpc) is 2.38. The van der Waals surface area contributed by atoms with Crippen LogP contribution in [0.2, 0.25) is 0 Å². The van der Waals surface area contributed by atoms with Gasteiger partial charge in [-0.1, -0.05) is 0 Å². The lowest BCUT2D eigenvalue weighted by atomic mass is 10.1. The maximum Gasteiger partial charge on any atom is 0.407 e. The third-order valence-electron chi connectivity index (χ3n) is 3.46. The van der Waals surface area contributed by atoms with E-state index in [1.54, 1.807) is 0 Å². The van der Waals surface area contributed by atoms with Crippen molar-refractivity contribution in [3.05, 3.63) is 18.1 Å². The summed E-state index contributed by atoms with van der Waals surface area (Å²) >= 11 is 4.43. The third-order valence-corrected chi connectivity index (χ3v) is 3.94. The summed E-state index contributed by atoms with van der Waals surface area (Å²) in [5.74, 6) is 0.246. The van der Waals surface area contributed by atoms with Crippen molar-refractivity contribution in [1.29, 1.82) is 0 Å². The van der Waals surface area contributed by atoms with Gasteiger partial charge in [0.1, 0.15) is 5.82 Å². The molecule has 2 aliphatic heterocycles. The van der Waals surface area contributed by atoms with Gasteiger partial charge < -0.3 is 20.2 Å². The van der Waals surface area contributed by atoms with Crippen molar-refractivity contribution in [3.63, 3.8) is 0 Å². The van der Waals surface area contributed by atoms with Crippen molar-refractivity contribution < 1.29 is 14.3 Å². The van der Waals surface area contributed by atoms with Gasteiger partial charge in [0.25, 0.3) is 0 Å². The third kappa shape index (κ3) is 2.05. The van der Waals surface area contributed by atoms with Crippen LogP contribution in [0.25, 0.3) is 0 Å². The smallest absolute Gasteiger partial charge is 0.407 e. The molecule has 0 spiro atoms. The van der Waals surface area contributed by atoms with Gasteiger partial charge in [-0.15, -0.1) is 0 Å². The van der Waals surface area contributed by atoms with E-state index < -0.39 is 11.9 Å². The van der Waals surface area contributed by atoms with E-state index in [2.05, 4.69) is 22.9 Å².